The zero-order chi connectivity index (χ0) is 16.7. The summed E-state index contributed by atoms with van der Waals surface area (Å²) in [7, 11) is 0. The maximum absolute atomic E-state index is 14.0. The highest BCUT2D eigenvalue weighted by molar-refractivity contribution is 5.31. The predicted octanol–water partition coefficient (Wildman–Crippen LogP) is 5.44. The summed E-state index contributed by atoms with van der Waals surface area (Å²) in [4.78, 5) is 0. The fourth-order valence-corrected chi connectivity index (χ4v) is 3.12. The normalized spacial score (nSPS) is 22.2. The third kappa shape index (κ3) is 5.76. The number of alkyl halides is 2. The van der Waals surface area contributed by atoms with Crippen LogP contribution in [0.2, 0.25) is 0 Å². The molecule has 2 nitrogen and oxygen atoms in total. The number of benzene rings is 1. The summed E-state index contributed by atoms with van der Waals surface area (Å²) in [6.07, 6.45) is 4.57. The lowest BCUT2D eigenvalue weighted by atomic mass is 9.80. The van der Waals surface area contributed by atoms with Crippen LogP contribution in [0.15, 0.2) is 36.4 Å². The van der Waals surface area contributed by atoms with Crippen LogP contribution in [0.4, 0.5) is 8.78 Å². The van der Waals surface area contributed by atoms with Gasteiger partial charge in [-0.25, -0.2) is 0 Å². The van der Waals surface area contributed by atoms with E-state index in [0.717, 1.165) is 25.7 Å². The first-order valence-electron chi connectivity index (χ1n) is 8.16. The highest BCUT2D eigenvalue weighted by Gasteiger charge is 2.35. The van der Waals surface area contributed by atoms with Crippen molar-refractivity contribution in [2.24, 2.45) is 11.8 Å². The van der Waals surface area contributed by atoms with Crippen LogP contribution in [0.1, 0.15) is 50.2 Å². The molecule has 1 fully saturated rings. The second kappa shape index (κ2) is 8.21. The van der Waals surface area contributed by atoms with Gasteiger partial charge in [-0.15, -0.1) is 0 Å². The van der Waals surface area contributed by atoms with Crippen LogP contribution in [0.3, 0.4) is 0 Å². The average Bonchev–Trinajstić information content (AvgIpc) is 2.55. The number of nitriles is 1. The fraction of sp³-hybridized carbons (Fsp3) is 0.526. The number of hydrogen-bond donors (Lipinski definition) is 0. The third-order valence-corrected chi connectivity index (χ3v) is 4.42. The quantitative estimate of drug-likeness (QED) is 0.654. The van der Waals surface area contributed by atoms with E-state index in [1.807, 2.05) is 19.1 Å². The molecular formula is C19H23F2NO. The molecule has 0 radical (unpaired) electrons. The Balaban J connectivity index is 1.79. The van der Waals surface area contributed by atoms with Gasteiger partial charge >= 0.3 is 6.11 Å². The molecule has 23 heavy (non-hydrogen) atoms. The van der Waals surface area contributed by atoms with Crippen LogP contribution in [0.25, 0.3) is 0 Å². The summed E-state index contributed by atoms with van der Waals surface area (Å²) in [5.41, 5.74) is 1.17. The molecule has 0 N–H and O–H groups in total. The molecule has 0 bridgehead atoms. The Morgan fingerprint density at radius 3 is 2.43 bits per heavy atom. The summed E-state index contributed by atoms with van der Waals surface area (Å²) < 4.78 is 32.8. The summed E-state index contributed by atoms with van der Waals surface area (Å²) >= 11 is 0. The molecule has 0 atom stereocenters. The lowest BCUT2D eigenvalue weighted by molar-refractivity contribution is -0.256. The summed E-state index contributed by atoms with van der Waals surface area (Å²) in [6.45, 7) is 1.86. The van der Waals surface area contributed by atoms with Crippen LogP contribution in [-0.4, -0.2) is 6.11 Å². The average molecular weight is 319 g/mol. The Kier molecular flexibility index (Phi) is 6.29. The molecule has 4 heteroatoms. The maximum atomic E-state index is 14.0. The largest absolute Gasteiger partial charge is 0.356 e. The molecule has 0 spiro atoms. The second-order valence-electron chi connectivity index (χ2n) is 6.25. The highest BCUT2D eigenvalue weighted by Crippen LogP contribution is 2.37. The van der Waals surface area contributed by atoms with Gasteiger partial charge < -0.3 is 4.74 Å². The molecule has 124 valence electrons. The molecular weight excluding hydrogens is 296 g/mol. The number of allylic oxidation sites excluding steroid dienone is 2. The smallest absolute Gasteiger partial charge is 0.316 e. The monoisotopic (exact) mass is 319 g/mol. The van der Waals surface area contributed by atoms with Gasteiger partial charge in [0.1, 0.15) is 0 Å². The van der Waals surface area contributed by atoms with E-state index >= 15 is 0 Å². The summed E-state index contributed by atoms with van der Waals surface area (Å²) in [6, 6.07) is 8.52. The van der Waals surface area contributed by atoms with E-state index in [2.05, 4.69) is 6.08 Å². The van der Waals surface area contributed by atoms with Crippen LogP contribution in [-0.2, 0) is 11.3 Å². The molecule has 0 unspecified atom stereocenters. The Morgan fingerprint density at radius 1 is 1.22 bits per heavy atom. The number of halogens is 2. The standard InChI is InChI=1S/C19H23F2NO/c1-2-3-15-4-6-16(7-5-15)12-19(20,21)23-14-18-10-8-17(13-22)9-11-18/h2-3,8-11,15-16H,4-7,12,14H2,1H3/t15-,16-. The Hall–Kier alpha value is -1.73. The van der Waals surface area contributed by atoms with Crippen LogP contribution in [0.5, 0.6) is 0 Å². The van der Waals surface area contributed by atoms with Crippen molar-refractivity contribution < 1.29 is 13.5 Å². The molecule has 1 saturated carbocycles. The van der Waals surface area contributed by atoms with E-state index in [-0.39, 0.29) is 18.9 Å². The molecule has 1 aliphatic rings. The lowest BCUT2D eigenvalue weighted by Crippen LogP contribution is -2.26. The first kappa shape index (κ1) is 17.6. The van der Waals surface area contributed by atoms with E-state index in [9.17, 15) is 8.78 Å². The second-order valence-corrected chi connectivity index (χ2v) is 6.25. The van der Waals surface area contributed by atoms with Gasteiger partial charge in [0.25, 0.3) is 0 Å². The lowest BCUT2D eigenvalue weighted by Gasteiger charge is -2.29. The van der Waals surface area contributed by atoms with Gasteiger partial charge in [0.05, 0.1) is 18.2 Å². The molecule has 1 aromatic carbocycles. The molecule has 0 aliphatic heterocycles. The van der Waals surface area contributed by atoms with Crippen molar-refractivity contribution in [3.8, 4) is 6.07 Å². The first-order valence-corrected chi connectivity index (χ1v) is 8.16. The van der Waals surface area contributed by atoms with Crippen LogP contribution >= 0.6 is 0 Å². The predicted molar refractivity (Wildman–Crippen MR) is 85.8 cm³/mol. The zero-order valence-electron chi connectivity index (χ0n) is 13.5. The van der Waals surface area contributed by atoms with E-state index in [4.69, 9.17) is 10.00 Å². The minimum Gasteiger partial charge on any atom is -0.316 e. The van der Waals surface area contributed by atoms with E-state index < -0.39 is 6.11 Å². The maximum Gasteiger partial charge on any atom is 0.356 e. The zero-order valence-corrected chi connectivity index (χ0v) is 13.5. The van der Waals surface area contributed by atoms with E-state index in [1.165, 1.54) is 0 Å². The summed E-state index contributed by atoms with van der Waals surface area (Å²) in [5.74, 6) is 0.580. The molecule has 0 aromatic heterocycles. The van der Waals surface area contributed by atoms with Crippen molar-refractivity contribution >= 4 is 0 Å². The highest BCUT2D eigenvalue weighted by atomic mass is 19.3. The van der Waals surface area contributed by atoms with Crippen molar-refractivity contribution in [1.29, 1.82) is 5.26 Å². The molecule has 0 amide bonds. The van der Waals surface area contributed by atoms with Crippen molar-refractivity contribution in [1.82, 2.24) is 0 Å². The summed E-state index contributed by atoms with van der Waals surface area (Å²) in [5, 5.41) is 8.72. The number of ether oxygens (including phenoxy) is 1. The van der Waals surface area contributed by atoms with Gasteiger partial charge in [0.2, 0.25) is 0 Å². The van der Waals surface area contributed by atoms with E-state index in [0.29, 0.717) is 17.0 Å². The fourth-order valence-electron chi connectivity index (χ4n) is 3.12. The van der Waals surface area contributed by atoms with Crippen molar-refractivity contribution in [3.05, 3.63) is 47.5 Å². The minimum absolute atomic E-state index is 0.0347. The Labute approximate surface area is 136 Å². The minimum atomic E-state index is -3.09. The Bertz CT molecular complexity index is 552. The van der Waals surface area contributed by atoms with Gasteiger partial charge in [-0.3, -0.25) is 0 Å². The van der Waals surface area contributed by atoms with Gasteiger partial charge in [-0.05, 0) is 62.1 Å². The molecule has 0 heterocycles. The topological polar surface area (TPSA) is 33.0 Å². The number of nitrogens with zero attached hydrogens (tertiary/aromatic N) is 1. The van der Waals surface area contributed by atoms with Crippen molar-refractivity contribution in [2.75, 3.05) is 0 Å². The number of rotatable bonds is 6. The number of hydrogen-bond acceptors (Lipinski definition) is 2. The van der Waals surface area contributed by atoms with Gasteiger partial charge in [-0.1, -0.05) is 24.3 Å². The first-order chi connectivity index (χ1) is 11.0. The molecule has 0 saturated heterocycles. The molecule has 1 aromatic rings. The van der Waals surface area contributed by atoms with Gasteiger partial charge in [-0.2, -0.15) is 14.0 Å². The van der Waals surface area contributed by atoms with Gasteiger partial charge in [0.15, 0.2) is 0 Å². The molecule has 1 aliphatic carbocycles. The van der Waals surface area contributed by atoms with Crippen LogP contribution < -0.4 is 0 Å². The van der Waals surface area contributed by atoms with Crippen LogP contribution in [0, 0.1) is 23.2 Å². The molecule has 2 rings (SSSR count). The van der Waals surface area contributed by atoms with E-state index in [1.54, 1.807) is 24.3 Å². The van der Waals surface area contributed by atoms with Gasteiger partial charge in [0, 0.05) is 6.42 Å². The Morgan fingerprint density at radius 2 is 1.87 bits per heavy atom. The third-order valence-electron chi connectivity index (χ3n) is 4.42. The van der Waals surface area contributed by atoms with Crippen molar-refractivity contribution in [3.63, 3.8) is 0 Å². The SMILES string of the molecule is CC=C[C@H]1CC[C@H](CC(F)(F)OCc2ccc(C#N)cc2)CC1. The van der Waals surface area contributed by atoms with Crippen molar-refractivity contribution in [2.45, 2.75) is 51.7 Å².